The predicted molar refractivity (Wildman–Crippen MR) is 86.3 cm³/mol. The summed E-state index contributed by atoms with van der Waals surface area (Å²) in [6.07, 6.45) is 5.23. The van der Waals surface area contributed by atoms with Gasteiger partial charge in [0.05, 0.1) is 12.7 Å². The summed E-state index contributed by atoms with van der Waals surface area (Å²) in [6, 6.07) is 10.1. The maximum absolute atomic E-state index is 12.1. The molecule has 120 valence electrons. The van der Waals surface area contributed by atoms with Gasteiger partial charge in [0, 0.05) is 12.7 Å². The number of carbonyl (C=O) groups is 1. The topological polar surface area (TPSA) is 38.8 Å². The predicted octanol–water partition coefficient (Wildman–Crippen LogP) is 4.12. The van der Waals surface area contributed by atoms with Crippen molar-refractivity contribution in [2.45, 2.75) is 51.9 Å². The molecule has 1 heterocycles. The second kappa shape index (κ2) is 7.45. The molecule has 0 saturated carbocycles. The van der Waals surface area contributed by atoms with Crippen molar-refractivity contribution in [2.75, 3.05) is 6.54 Å². The van der Waals surface area contributed by atoms with Crippen LogP contribution in [0.15, 0.2) is 42.6 Å². The Hall–Kier alpha value is -1.81. The van der Waals surface area contributed by atoms with Crippen LogP contribution in [-0.4, -0.2) is 29.2 Å². The van der Waals surface area contributed by atoms with Crippen molar-refractivity contribution < 1.29 is 14.3 Å². The van der Waals surface area contributed by atoms with Crippen LogP contribution in [0.4, 0.5) is 4.79 Å². The van der Waals surface area contributed by atoms with Gasteiger partial charge < -0.3 is 9.47 Å². The first kappa shape index (κ1) is 16.6. The van der Waals surface area contributed by atoms with E-state index in [2.05, 4.69) is 12.1 Å². The van der Waals surface area contributed by atoms with E-state index in [0.717, 1.165) is 12.8 Å². The van der Waals surface area contributed by atoms with Gasteiger partial charge in [0.1, 0.15) is 5.60 Å². The minimum absolute atomic E-state index is 0.129. The summed E-state index contributed by atoms with van der Waals surface area (Å²) in [5, 5.41) is 0. The average molecular weight is 303 g/mol. The number of carbonyl (C=O) groups excluding carboxylic acids is 1. The zero-order chi connectivity index (χ0) is 16.0. The molecule has 1 aromatic carbocycles. The molecule has 1 aliphatic rings. The van der Waals surface area contributed by atoms with Crippen molar-refractivity contribution in [3.63, 3.8) is 0 Å². The van der Waals surface area contributed by atoms with E-state index in [9.17, 15) is 4.79 Å². The lowest BCUT2D eigenvalue weighted by Gasteiger charge is -2.25. The molecule has 0 aromatic heterocycles. The molecule has 1 unspecified atom stereocenters. The maximum Gasteiger partial charge on any atom is 0.414 e. The van der Waals surface area contributed by atoms with Crippen molar-refractivity contribution in [3.8, 4) is 0 Å². The molecule has 0 fully saturated rings. The van der Waals surface area contributed by atoms with E-state index in [1.54, 1.807) is 11.1 Å². The molecule has 4 heteroatoms. The Bertz CT molecular complexity index is 505. The van der Waals surface area contributed by atoms with E-state index in [4.69, 9.17) is 9.47 Å². The van der Waals surface area contributed by atoms with E-state index in [0.29, 0.717) is 13.2 Å². The van der Waals surface area contributed by atoms with Gasteiger partial charge in [-0.3, -0.25) is 4.90 Å². The van der Waals surface area contributed by atoms with E-state index < -0.39 is 5.60 Å². The number of ether oxygens (including phenoxy) is 2. The third-order valence-electron chi connectivity index (χ3n) is 3.33. The van der Waals surface area contributed by atoms with Gasteiger partial charge in [-0.15, -0.1) is 0 Å². The van der Waals surface area contributed by atoms with Crippen molar-refractivity contribution in [2.24, 2.45) is 0 Å². The summed E-state index contributed by atoms with van der Waals surface area (Å²) in [6.45, 7) is 6.84. The summed E-state index contributed by atoms with van der Waals surface area (Å²) in [4.78, 5) is 13.7. The largest absolute Gasteiger partial charge is 0.443 e. The molecular weight excluding hydrogens is 278 g/mol. The first-order valence-electron chi connectivity index (χ1n) is 7.76. The van der Waals surface area contributed by atoms with Gasteiger partial charge in [0.25, 0.3) is 0 Å². The summed E-state index contributed by atoms with van der Waals surface area (Å²) in [5.74, 6) is 0. The lowest BCUT2D eigenvalue weighted by atomic mass is 10.2. The van der Waals surface area contributed by atoms with Crippen LogP contribution in [0.1, 0.15) is 39.2 Å². The smallest absolute Gasteiger partial charge is 0.414 e. The van der Waals surface area contributed by atoms with Crippen LogP contribution in [0, 0.1) is 0 Å². The van der Waals surface area contributed by atoms with Crippen LogP contribution in [0.3, 0.4) is 0 Å². The Morgan fingerprint density at radius 3 is 2.68 bits per heavy atom. The lowest BCUT2D eigenvalue weighted by molar-refractivity contribution is 0.0222. The average Bonchev–Trinajstić information content (AvgIpc) is 2.70. The Kier molecular flexibility index (Phi) is 5.61. The zero-order valence-corrected chi connectivity index (χ0v) is 13.6. The molecule has 0 saturated heterocycles. The molecule has 0 bridgehead atoms. The molecule has 0 aliphatic carbocycles. The second-order valence-corrected chi connectivity index (χ2v) is 6.50. The first-order chi connectivity index (χ1) is 10.4. The normalized spacial score (nSPS) is 18.9. The van der Waals surface area contributed by atoms with Crippen molar-refractivity contribution >= 4 is 6.09 Å². The molecule has 4 nitrogen and oxygen atoms in total. The molecule has 1 atom stereocenters. The SMILES string of the molecule is CC(C)(C)OC(=O)N1C=CCC(OCc2ccccc2)CC1. The summed E-state index contributed by atoms with van der Waals surface area (Å²) < 4.78 is 11.3. The van der Waals surface area contributed by atoms with Crippen molar-refractivity contribution in [3.05, 3.63) is 48.2 Å². The first-order valence-corrected chi connectivity index (χ1v) is 7.76. The fourth-order valence-corrected chi connectivity index (χ4v) is 2.23. The fraction of sp³-hybridized carbons (Fsp3) is 0.500. The van der Waals surface area contributed by atoms with Crippen LogP contribution in [0.5, 0.6) is 0 Å². The van der Waals surface area contributed by atoms with E-state index in [-0.39, 0.29) is 12.2 Å². The monoisotopic (exact) mass is 303 g/mol. The van der Waals surface area contributed by atoms with E-state index in [1.807, 2.05) is 45.0 Å². The molecule has 0 radical (unpaired) electrons. The summed E-state index contributed by atoms with van der Waals surface area (Å²) in [7, 11) is 0. The number of benzene rings is 1. The molecular formula is C18H25NO3. The highest BCUT2D eigenvalue weighted by molar-refractivity contribution is 5.69. The van der Waals surface area contributed by atoms with Gasteiger partial charge in [0.2, 0.25) is 0 Å². The van der Waals surface area contributed by atoms with Crippen LogP contribution >= 0.6 is 0 Å². The number of hydrogen-bond donors (Lipinski definition) is 0. The minimum atomic E-state index is -0.472. The summed E-state index contributed by atoms with van der Waals surface area (Å²) in [5.41, 5.74) is 0.695. The number of rotatable bonds is 3. The van der Waals surface area contributed by atoms with Gasteiger partial charge in [-0.25, -0.2) is 4.79 Å². The highest BCUT2D eigenvalue weighted by atomic mass is 16.6. The van der Waals surface area contributed by atoms with Gasteiger partial charge in [0.15, 0.2) is 0 Å². The lowest BCUT2D eigenvalue weighted by Crippen LogP contribution is -2.34. The number of amides is 1. The molecule has 1 aromatic rings. The fourth-order valence-electron chi connectivity index (χ4n) is 2.23. The third kappa shape index (κ3) is 5.53. The van der Waals surface area contributed by atoms with Gasteiger partial charge in [-0.05, 0) is 39.2 Å². The van der Waals surface area contributed by atoms with Crippen molar-refractivity contribution in [1.82, 2.24) is 4.90 Å². The molecule has 1 amide bonds. The van der Waals surface area contributed by atoms with Crippen LogP contribution in [0.2, 0.25) is 0 Å². The standard InChI is InChI=1S/C18H25NO3/c1-18(2,3)22-17(20)19-12-7-10-16(11-13-19)21-14-15-8-5-4-6-9-15/h4-9,12,16H,10-11,13-14H2,1-3H3. The highest BCUT2D eigenvalue weighted by Crippen LogP contribution is 2.17. The Morgan fingerprint density at radius 1 is 1.27 bits per heavy atom. The minimum Gasteiger partial charge on any atom is -0.443 e. The summed E-state index contributed by atoms with van der Waals surface area (Å²) >= 11 is 0. The van der Waals surface area contributed by atoms with Gasteiger partial charge in [-0.1, -0.05) is 36.4 Å². The Labute approximate surface area is 132 Å². The van der Waals surface area contributed by atoms with Crippen molar-refractivity contribution in [1.29, 1.82) is 0 Å². The van der Waals surface area contributed by atoms with Crippen LogP contribution in [-0.2, 0) is 16.1 Å². The number of nitrogens with zero attached hydrogens (tertiary/aromatic N) is 1. The quantitative estimate of drug-likeness (QED) is 0.843. The van der Waals surface area contributed by atoms with Crippen LogP contribution in [0.25, 0.3) is 0 Å². The van der Waals surface area contributed by atoms with Gasteiger partial charge >= 0.3 is 6.09 Å². The second-order valence-electron chi connectivity index (χ2n) is 6.50. The van der Waals surface area contributed by atoms with Gasteiger partial charge in [-0.2, -0.15) is 0 Å². The maximum atomic E-state index is 12.1. The van der Waals surface area contributed by atoms with E-state index in [1.165, 1.54) is 5.56 Å². The third-order valence-corrected chi connectivity index (χ3v) is 3.33. The molecule has 22 heavy (non-hydrogen) atoms. The molecule has 1 aliphatic heterocycles. The molecule has 2 rings (SSSR count). The highest BCUT2D eigenvalue weighted by Gasteiger charge is 2.23. The Morgan fingerprint density at radius 2 is 2.00 bits per heavy atom. The molecule has 0 N–H and O–H groups in total. The zero-order valence-electron chi connectivity index (χ0n) is 13.6. The molecule has 0 spiro atoms. The number of hydrogen-bond acceptors (Lipinski definition) is 3. The van der Waals surface area contributed by atoms with E-state index >= 15 is 0 Å². The van der Waals surface area contributed by atoms with Crippen LogP contribution < -0.4 is 0 Å². The Balaban J connectivity index is 1.81.